The molecule has 0 bridgehead atoms. The topological polar surface area (TPSA) is 66.4 Å². The molecular weight excluding hydrogens is 242 g/mol. The smallest absolute Gasteiger partial charge is 0.335 e. The summed E-state index contributed by atoms with van der Waals surface area (Å²) in [6.07, 6.45) is 0.904. The highest BCUT2D eigenvalue weighted by Crippen LogP contribution is 2.22. The molecule has 0 saturated heterocycles. The molecule has 4 nitrogen and oxygen atoms in total. The fourth-order valence-corrected chi connectivity index (χ4v) is 1.65. The van der Waals surface area contributed by atoms with E-state index in [9.17, 15) is 9.59 Å². The quantitative estimate of drug-likeness (QED) is 0.799. The standard InChI is InChI=1S/C15H21NO3/c1-14(2,3)16-9-15(4,10-17)12-7-5-11(6-8-12)13(18)19/h5-8,10,16H,9H2,1-4H3,(H,18,19). The highest BCUT2D eigenvalue weighted by atomic mass is 16.4. The number of benzene rings is 1. The molecule has 0 aliphatic rings. The minimum atomic E-state index is -0.966. The average molecular weight is 263 g/mol. The first-order chi connectivity index (χ1) is 8.68. The minimum absolute atomic E-state index is 0.0781. The molecule has 104 valence electrons. The summed E-state index contributed by atoms with van der Waals surface area (Å²) in [6.45, 7) is 8.45. The molecule has 0 aliphatic heterocycles. The van der Waals surface area contributed by atoms with Crippen LogP contribution in [0.2, 0.25) is 0 Å². The van der Waals surface area contributed by atoms with Crippen LogP contribution in [0, 0.1) is 0 Å². The van der Waals surface area contributed by atoms with Crippen LogP contribution in [0.25, 0.3) is 0 Å². The van der Waals surface area contributed by atoms with Crippen LogP contribution in [0.1, 0.15) is 43.6 Å². The van der Waals surface area contributed by atoms with E-state index in [1.165, 1.54) is 12.1 Å². The van der Waals surface area contributed by atoms with Gasteiger partial charge in [-0.2, -0.15) is 0 Å². The van der Waals surface area contributed by atoms with Gasteiger partial charge < -0.3 is 15.2 Å². The molecule has 0 spiro atoms. The van der Waals surface area contributed by atoms with Gasteiger partial charge in [-0.05, 0) is 45.4 Å². The van der Waals surface area contributed by atoms with Crippen molar-refractivity contribution in [3.05, 3.63) is 35.4 Å². The van der Waals surface area contributed by atoms with Gasteiger partial charge in [-0.1, -0.05) is 12.1 Å². The van der Waals surface area contributed by atoms with Crippen molar-refractivity contribution >= 4 is 12.3 Å². The normalized spacial score (nSPS) is 14.7. The summed E-state index contributed by atoms with van der Waals surface area (Å²) in [5.74, 6) is -0.966. The molecule has 2 N–H and O–H groups in total. The molecule has 1 rings (SSSR count). The maximum absolute atomic E-state index is 11.4. The van der Waals surface area contributed by atoms with Crippen molar-refractivity contribution in [3.63, 3.8) is 0 Å². The molecule has 1 unspecified atom stereocenters. The largest absolute Gasteiger partial charge is 0.478 e. The summed E-state index contributed by atoms with van der Waals surface area (Å²) in [6, 6.07) is 6.44. The highest BCUT2D eigenvalue weighted by Gasteiger charge is 2.27. The Balaban J connectivity index is 2.95. The number of carbonyl (C=O) groups is 2. The molecule has 19 heavy (non-hydrogen) atoms. The number of rotatable bonds is 5. The first-order valence-electron chi connectivity index (χ1n) is 6.23. The van der Waals surface area contributed by atoms with E-state index >= 15 is 0 Å². The molecule has 0 aliphatic carbocycles. The SMILES string of the molecule is CC(C)(C)NCC(C)(C=O)c1ccc(C(=O)O)cc1. The number of aromatic carboxylic acids is 1. The van der Waals surface area contributed by atoms with Crippen LogP contribution >= 0.6 is 0 Å². The van der Waals surface area contributed by atoms with Gasteiger partial charge in [0.15, 0.2) is 0 Å². The lowest BCUT2D eigenvalue weighted by atomic mass is 9.83. The summed E-state index contributed by atoms with van der Waals surface area (Å²) >= 11 is 0. The summed E-state index contributed by atoms with van der Waals surface area (Å²) in [4.78, 5) is 22.2. The van der Waals surface area contributed by atoms with E-state index in [2.05, 4.69) is 5.32 Å². The average Bonchev–Trinajstić information content (AvgIpc) is 2.35. The van der Waals surface area contributed by atoms with Gasteiger partial charge in [-0.15, -0.1) is 0 Å². The highest BCUT2D eigenvalue weighted by molar-refractivity contribution is 5.87. The van der Waals surface area contributed by atoms with Gasteiger partial charge in [0.25, 0.3) is 0 Å². The zero-order valence-electron chi connectivity index (χ0n) is 11.9. The van der Waals surface area contributed by atoms with E-state index in [1.54, 1.807) is 12.1 Å². The van der Waals surface area contributed by atoms with Crippen LogP contribution in [0.15, 0.2) is 24.3 Å². The number of aldehydes is 1. The van der Waals surface area contributed by atoms with E-state index in [-0.39, 0.29) is 11.1 Å². The second kappa shape index (κ2) is 5.53. The van der Waals surface area contributed by atoms with E-state index < -0.39 is 11.4 Å². The summed E-state index contributed by atoms with van der Waals surface area (Å²) in [7, 11) is 0. The lowest BCUT2D eigenvalue weighted by molar-refractivity contribution is -0.112. The molecule has 1 aromatic rings. The van der Waals surface area contributed by atoms with E-state index in [0.717, 1.165) is 11.8 Å². The molecule has 0 fully saturated rings. The van der Waals surface area contributed by atoms with E-state index in [4.69, 9.17) is 5.11 Å². The van der Waals surface area contributed by atoms with Gasteiger partial charge in [-0.3, -0.25) is 0 Å². The van der Waals surface area contributed by atoms with Crippen LogP contribution in [-0.4, -0.2) is 29.4 Å². The van der Waals surface area contributed by atoms with Crippen molar-refractivity contribution < 1.29 is 14.7 Å². The van der Waals surface area contributed by atoms with Gasteiger partial charge >= 0.3 is 5.97 Å². The van der Waals surface area contributed by atoms with Crippen LogP contribution in [0.5, 0.6) is 0 Å². The van der Waals surface area contributed by atoms with Crippen molar-refractivity contribution in [1.29, 1.82) is 0 Å². The zero-order valence-corrected chi connectivity index (χ0v) is 11.9. The molecular formula is C15H21NO3. The van der Waals surface area contributed by atoms with Gasteiger partial charge in [0.2, 0.25) is 0 Å². The maximum atomic E-state index is 11.4. The number of hydrogen-bond donors (Lipinski definition) is 2. The zero-order chi connectivity index (χ0) is 14.7. The second-order valence-electron chi connectivity index (χ2n) is 6.02. The first kappa shape index (κ1) is 15.4. The Bertz CT molecular complexity index is 459. The van der Waals surface area contributed by atoms with Crippen molar-refractivity contribution in [2.24, 2.45) is 0 Å². The Labute approximate surface area is 113 Å². The van der Waals surface area contributed by atoms with Crippen molar-refractivity contribution in [3.8, 4) is 0 Å². The van der Waals surface area contributed by atoms with Gasteiger partial charge in [0.1, 0.15) is 6.29 Å². The van der Waals surface area contributed by atoms with Crippen LogP contribution in [0.4, 0.5) is 0 Å². The summed E-state index contributed by atoms with van der Waals surface area (Å²) in [5.41, 5.74) is 0.292. The fourth-order valence-electron chi connectivity index (χ4n) is 1.65. The second-order valence-corrected chi connectivity index (χ2v) is 6.02. The molecule has 0 saturated carbocycles. The number of nitrogens with one attached hydrogen (secondary N) is 1. The number of hydrogen-bond acceptors (Lipinski definition) is 3. The molecule has 1 atom stereocenters. The lowest BCUT2D eigenvalue weighted by Gasteiger charge is -2.29. The Hall–Kier alpha value is -1.68. The number of carbonyl (C=O) groups excluding carboxylic acids is 1. The predicted molar refractivity (Wildman–Crippen MR) is 74.6 cm³/mol. The van der Waals surface area contributed by atoms with Crippen molar-refractivity contribution in [2.75, 3.05) is 6.54 Å². The Kier molecular flexibility index (Phi) is 4.48. The molecule has 0 heterocycles. The molecule has 0 aromatic heterocycles. The summed E-state index contributed by atoms with van der Waals surface area (Å²) < 4.78 is 0. The van der Waals surface area contributed by atoms with E-state index in [0.29, 0.717) is 6.54 Å². The van der Waals surface area contributed by atoms with Crippen LogP contribution in [-0.2, 0) is 10.2 Å². The van der Waals surface area contributed by atoms with Crippen molar-refractivity contribution in [1.82, 2.24) is 5.32 Å². The third-order valence-electron chi connectivity index (χ3n) is 3.04. The van der Waals surface area contributed by atoms with Crippen LogP contribution in [0.3, 0.4) is 0 Å². The number of carboxylic acids is 1. The predicted octanol–water partition coefficient (Wildman–Crippen LogP) is 2.23. The van der Waals surface area contributed by atoms with Gasteiger partial charge in [-0.25, -0.2) is 4.79 Å². The van der Waals surface area contributed by atoms with Gasteiger partial charge in [0, 0.05) is 12.1 Å². The van der Waals surface area contributed by atoms with Crippen molar-refractivity contribution in [2.45, 2.75) is 38.6 Å². The molecule has 0 radical (unpaired) electrons. The molecule has 4 heteroatoms. The first-order valence-corrected chi connectivity index (χ1v) is 6.23. The summed E-state index contributed by atoms with van der Waals surface area (Å²) in [5, 5.41) is 12.2. The fraction of sp³-hybridized carbons (Fsp3) is 0.467. The molecule has 0 amide bonds. The number of carboxylic acid groups (broad SMARTS) is 1. The third-order valence-corrected chi connectivity index (χ3v) is 3.04. The Morgan fingerprint density at radius 3 is 2.11 bits per heavy atom. The van der Waals surface area contributed by atoms with Crippen LogP contribution < -0.4 is 5.32 Å². The van der Waals surface area contributed by atoms with E-state index in [1.807, 2.05) is 27.7 Å². The minimum Gasteiger partial charge on any atom is -0.478 e. The third kappa shape index (κ3) is 4.17. The Morgan fingerprint density at radius 2 is 1.74 bits per heavy atom. The van der Waals surface area contributed by atoms with Gasteiger partial charge in [0.05, 0.1) is 11.0 Å². The Morgan fingerprint density at radius 1 is 1.21 bits per heavy atom. The lowest BCUT2D eigenvalue weighted by Crippen LogP contribution is -2.45. The monoisotopic (exact) mass is 263 g/mol. The molecule has 1 aromatic carbocycles. The maximum Gasteiger partial charge on any atom is 0.335 e.